The molecule has 0 aliphatic carbocycles. The normalized spacial score (nSPS) is 14.3. The van der Waals surface area contributed by atoms with Crippen LogP contribution in [-0.4, -0.2) is 50.1 Å². The molecule has 1 amide bonds. The number of hydrogen-bond acceptors (Lipinski definition) is 7. The molecule has 2 heterocycles. The Kier molecular flexibility index (Phi) is 6.39. The number of fused-ring (bicyclic) bond motifs is 1. The van der Waals surface area contributed by atoms with E-state index in [0.717, 1.165) is 28.1 Å². The van der Waals surface area contributed by atoms with Gasteiger partial charge >= 0.3 is 0 Å². The molecule has 1 aliphatic rings. The first-order chi connectivity index (χ1) is 15.6. The molecule has 8 nitrogen and oxygen atoms in total. The average molecular weight is 435 g/mol. The topological polar surface area (TPSA) is 91.8 Å². The number of hydrogen-bond donors (Lipinski definition) is 1. The molecule has 8 heteroatoms. The van der Waals surface area contributed by atoms with E-state index >= 15 is 0 Å². The molecule has 1 aromatic heterocycles. The number of aromatic nitrogens is 2. The lowest BCUT2D eigenvalue weighted by molar-refractivity contribution is -0.120. The minimum Gasteiger partial charge on any atom is -0.497 e. The molecule has 2 aromatic carbocycles. The predicted octanol–water partition coefficient (Wildman–Crippen LogP) is 2.83. The van der Waals surface area contributed by atoms with Crippen molar-refractivity contribution in [2.75, 3.05) is 27.9 Å². The molecule has 1 N–H and O–H groups in total. The van der Waals surface area contributed by atoms with Gasteiger partial charge < -0.3 is 24.3 Å². The van der Waals surface area contributed by atoms with Gasteiger partial charge in [-0.1, -0.05) is 0 Å². The SMILES string of the molecule is COc1ccc(OC)c(CC(=O)NC[C@@H]2Cc3cc(-c4ccc(OC)nn4)ccc3O2)c1. The maximum absolute atomic E-state index is 12.5. The van der Waals surface area contributed by atoms with E-state index in [9.17, 15) is 4.79 Å². The molecule has 4 rings (SSSR count). The Hall–Kier alpha value is -3.81. The summed E-state index contributed by atoms with van der Waals surface area (Å²) in [7, 11) is 4.73. The molecule has 1 atom stereocenters. The second-order valence-electron chi connectivity index (χ2n) is 7.39. The first-order valence-corrected chi connectivity index (χ1v) is 10.2. The van der Waals surface area contributed by atoms with Crippen molar-refractivity contribution in [2.45, 2.75) is 18.9 Å². The smallest absolute Gasteiger partial charge is 0.233 e. The zero-order valence-corrected chi connectivity index (χ0v) is 18.3. The van der Waals surface area contributed by atoms with E-state index in [-0.39, 0.29) is 18.4 Å². The molecule has 0 bridgehead atoms. The average Bonchev–Trinajstić information content (AvgIpc) is 3.25. The van der Waals surface area contributed by atoms with Crippen molar-refractivity contribution >= 4 is 5.91 Å². The van der Waals surface area contributed by atoms with Crippen LogP contribution in [-0.2, 0) is 17.6 Å². The Labute approximate surface area is 186 Å². The van der Waals surface area contributed by atoms with Gasteiger partial charge in [-0.25, -0.2) is 0 Å². The van der Waals surface area contributed by atoms with Crippen molar-refractivity contribution < 1.29 is 23.7 Å². The van der Waals surface area contributed by atoms with Gasteiger partial charge in [-0.05, 0) is 48.0 Å². The zero-order chi connectivity index (χ0) is 22.5. The lowest BCUT2D eigenvalue weighted by Crippen LogP contribution is -2.35. The standard InChI is InChI=1S/C24H25N3O5/c1-29-18-5-8-21(30-2)17(11-18)13-23(28)25-14-19-12-16-10-15(4-7-22(16)32-19)20-6-9-24(31-3)27-26-20/h4-11,19H,12-14H2,1-3H3,(H,25,28)/t19-/m0/s1. The highest BCUT2D eigenvalue weighted by molar-refractivity contribution is 5.79. The van der Waals surface area contributed by atoms with Gasteiger partial charge in [0.05, 0.1) is 40.0 Å². The second kappa shape index (κ2) is 9.55. The lowest BCUT2D eigenvalue weighted by atomic mass is 10.0. The van der Waals surface area contributed by atoms with Gasteiger partial charge in [-0.3, -0.25) is 4.79 Å². The summed E-state index contributed by atoms with van der Waals surface area (Å²) < 4.78 is 21.7. The molecule has 3 aromatic rings. The highest BCUT2D eigenvalue weighted by Gasteiger charge is 2.24. The van der Waals surface area contributed by atoms with Crippen molar-refractivity contribution in [3.05, 3.63) is 59.7 Å². The molecular weight excluding hydrogens is 410 g/mol. The highest BCUT2D eigenvalue weighted by atomic mass is 16.5. The molecule has 0 unspecified atom stereocenters. The molecule has 0 radical (unpaired) electrons. The summed E-state index contributed by atoms with van der Waals surface area (Å²) in [6, 6.07) is 15.0. The molecule has 0 saturated carbocycles. The Bertz CT molecular complexity index is 1100. The fraction of sp³-hybridized carbons (Fsp3) is 0.292. The van der Waals surface area contributed by atoms with Gasteiger partial charge in [-0.15, -0.1) is 10.2 Å². The number of ether oxygens (including phenoxy) is 4. The van der Waals surface area contributed by atoms with E-state index in [0.29, 0.717) is 30.3 Å². The Balaban J connectivity index is 1.35. The van der Waals surface area contributed by atoms with Crippen LogP contribution >= 0.6 is 0 Å². The van der Waals surface area contributed by atoms with Crippen LogP contribution in [0.25, 0.3) is 11.3 Å². The van der Waals surface area contributed by atoms with E-state index < -0.39 is 0 Å². The minimum absolute atomic E-state index is 0.106. The monoisotopic (exact) mass is 435 g/mol. The molecular formula is C24H25N3O5. The van der Waals surface area contributed by atoms with Gasteiger partial charge in [0.25, 0.3) is 0 Å². The fourth-order valence-corrected chi connectivity index (χ4v) is 3.66. The number of nitrogens with one attached hydrogen (secondary N) is 1. The second-order valence-corrected chi connectivity index (χ2v) is 7.39. The van der Waals surface area contributed by atoms with E-state index in [2.05, 4.69) is 21.6 Å². The number of nitrogens with zero attached hydrogens (tertiary/aromatic N) is 2. The first-order valence-electron chi connectivity index (χ1n) is 10.2. The van der Waals surface area contributed by atoms with Gasteiger partial charge in [-0.2, -0.15) is 0 Å². The third kappa shape index (κ3) is 4.74. The number of amides is 1. The molecule has 1 aliphatic heterocycles. The predicted molar refractivity (Wildman–Crippen MR) is 118 cm³/mol. The van der Waals surface area contributed by atoms with Crippen LogP contribution in [0.3, 0.4) is 0 Å². The van der Waals surface area contributed by atoms with Gasteiger partial charge in [0.1, 0.15) is 23.4 Å². The third-order valence-electron chi connectivity index (χ3n) is 5.31. The Morgan fingerprint density at radius 3 is 2.62 bits per heavy atom. The van der Waals surface area contributed by atoms with Crippen molar-refractivity contribution in [1.82, 2.24) is 15.5 Å². The van der Waals surface area contributed by atoms with Gasteiger partial charge in [0.2, 0.25) is 11.8 Å². The van der Waals surface area contributed by atoms with Gasteiger partial charge in [0.15, 0.2) is 0 Å². The molecule has 0 spiro atoms. The van der Waals surface area contributed by atoms with E-state index in [1.54, 1.807) is 39.5 Å². The van der Waals surface area contributed by atoms with Crippen LogP contribution in [0.15, 0.2) is 48.5 Å². The Morgan fingerprint density at radius 1 is 1.03 bits per heavy atom. The summed E-state index contributed by atoms with van der Waals surface area (Å²) >= 11 is 0. The molecule has 0 saturated heterocycles. The fourth-order valence-electron chi connectivity index (χ4n) is 3.66. The summed E-state index contributed by atoms with van der Waals surface area (Å²) in [6.07, 6.45) is 0.772. The molecule has 166 valence electrons. The lowest BCUT2D eigenvalue weighted by Gasteiger charge is -2.13. The quantitative estimate of drug-likeness (QED) is 0.582. The number of carbonyl (C=O) groups excluding carboxylic acids is 1. The van der Waals surface area contributed by atoms with Crippen LogP contribution < -0.4 is 24.3 Å². The van der Waals surface area contributed by atoms with Crippen LogP contribution in [0.4, 0.5) is 0 Å². The number of rotatable bonds is 8. The largest absolute Gasteiger partial charge is 0.497 e. The van der Waals surface area contributed by atoms with Crippen molar-refractivity contribution in [3.8, 4) is 34.4 Å². The summed E-state index contributed by atoms with van der Waals surface area (Å²) in [5, 5.41) is 11.2. The van der Waals surface area contributed by atoms with Crippen LogP contribution in [0, 0.1) is 0 Å². The zero-order valence-electron chi connectivity index (χ0n) is 18.3. The van der Waals surface area contributed by atoms with Crippen molar-refractivity contribution in [2.24, 2.45) is 0 Å². The van der Waals surface area contributed by atoms with Crippen molar-refractivity contribution in [1.29, 1.82) is 0 Å². The molecule has 0 fully saturated rings. The van der Waals surface area contributed by atoms with Crippen LogP contribution in [0.5, 0.6) is 23.1 Å². The summed E-state index contributed by atoms with van der Waals surface area (Å²) in [4.78, 5) is 12.5. The summed E-state index contributed by atoms with van der Waals surface area (Å²) in [6.45, 7) is 0.414. The molecule has 32 heavy (non-hydrogen) atoms. The van der Waals surface area contributed by atoms with Crippen molar-refractivity contribution in [3.63, 3.8) is 0 Å². The highest BCUT2D eigenvalue weighted by Crippen LogP contribution is 2.32. The number of methoxy groups -OCH3 is 3. The summed E-state index contributed by atoms with van der Waals surface area (Å²) in [5.74, 6) is 2.52. The van der Waals surface area contributed by atoms with Gasteiger partial charge in [0, 0.05) is 23.6 Å². The van der Waals surface area contributed by atoms with Crippen LogP contribution in [0.1, 0.15) is 11.1 Å². The Morgan fingerprint density at radius 2 is 1.91 bits per heavy atom. The number of carbonyl (C=O) groups is 1. The van der Waals surface area contributed by atoms with E-state index in [1.807, 2.05) is 24.3 Å². The van der Waals surface area contributed by atoms with E-state index in [4.69, 9.17) is 18.9 Å². The number of benzene rings is 2. The summed E-state index contributed by atoms with van der Waals surface area (Å²) in [5.41, 5.74) is 3.56. The maximum atomic E-state index is 12.5. The minimum atomic E-state index is -0.127. The third-order valence-corrected chi connectivity index (χ3v) is 5.31. The maximum Gasteiger partial charge on any atom is 0.233 e. The first kappa shape index (κ1) is 21.4. The van der Waals surface area contributed by atoms with Crippen LogP contribution in [0.2, 0.25) is 0 Å². The van der Waals surface area contributed by atoms with E-state index in [1.165, 1.54) is 0 Å².